The Balaban J connectivity index is 2.00. The van der Waals surface area contributed by atoms with Crippen LogP contribution < -0.4 is 5.73 Å². The van der Waals surface area contributed by atoms with Gasteiger partial charge >= 0.3 is 0 Å². The van der Waals surface area contributed by atoms with Crippen molar-refractivity contribution >= 4 is 5.69 Å². The number of nitrogens with two attached hydrogens (primary N) is 1. The minimum atomic E-state index is -0.213. The van der Waals surface area contributed by atoms with Crippen LogP contribution >= 0.6 is 0 Å². The van der Waals surface area contributed by atoms with Crippen LogP contribution in [0.25, 0.3) is 11.1 Å². The maximum absolute atomic E-state index is 13.8. The first-order valence-electron chi connectivity index (χ1n) is 6.72. The van der Waals surface area contributed by atoms with Crippen LogP contribution in [0.1, 0.15) is 24.8 Å². The lowest BCUT2D eigenvalue weighted by molar-refractivity contribution is 0.314. The molecule has 3 rings (SSSR count). The monoisotopic (exact) mass is 256 g/mol. The van der Waals surface area contributed by atoms with Crippen molar-refractivity contribution in [3.63, 3.8) is 0 Å². The highest BCUT2D eigenvalue weighted by Gasteiger charge is 2.20. The van der Waals surface area contributed by atoms with Gasteiger partial charge in [0.05, 0.1) is 0 Å². The standard InChI is InChI=1S/C16H17FN2/c17-14-9-13(8-11-2-1-3-11)16(18)15(10-14)12-4-6-19-7-5-12/h4-7,9-11H,1-3,8,18H2. The molecule has 0 bridgehead atoms. The molecule has 0 unspecified atom stereocenters. The Kier molecular flexibility index (Phi) is 3.20. The van der Waals surface area contributed by atoms with E-state index in [0.29, 0.717) is 11.6 Å². The van der Waals surface area contributed by atoms with Gasteiger partial charge in [-0.2, -0.15) is 0 Å². The second-order valence-corrected chi connectivity index (χ2v) is 5.26. The van der Waals surface area contributed by atoms with E-state index in [1.54, 1.807) is 18.5 Å². The number of hydrogen-bond acceptors (Lipinski definition) is 2. The fourth-order valence-corrected chi connectivity index (χ4v) is 2.62. The predicted molar refractivity (Wildman–Crippen MR) is 75.1 cm³/mol. The topological polar surface area (TPSA) is 38.9 Å². The smallest absolute Gasteiger partial charge is 0.124 e. The summed E-state index contributed by atoms with van der Waals surface area (Å²) >= 11 is 0. The van der Waals surface area contributed by atoms with Crippen molar-refractivity contribution in [3.05, 3.63) is 48.0 Å². The number of nitrogens with zero attached hydrogens (tertiary/aromatic N) is 1. The fourth-order valence-electron chi connectivity index (χ4n) is 2.62. The van der Waals surface area contributed by atoms with Gasteiger partial charge in [-0.25, -0.2) is 4.39 Å². The maximum Gasteiger partial charge on any atom is 0.124 e. The van der Waals surface area contributed by atoms with Gasteiger partial charge in [0.1, 0.15) is 5.82 Å². The summed E-state index contributed by atoms with van der Waals surface area (Å²) in [5, 5.41) is 0. The molecule has 1 aromatic heterocycles. The molecule has 19 heavy (non-hydrogen) atoms. The molecule has 0 amide bonds. The zero-order valence-corrected chi connectivity index (χ0v) is 10.8. The SMILES string of the molecule is Nc1c(CC2CCC2)cc(F)cc1-c1ccncc1. The highest BCUT2D eigenvalue weighted by Crippen LogP contribution is 2.35. The molecule has 0 radical (unpaired) electrons. The summed E-state index contributed by atoms with van der Waals surface area (Å²) in [7, 11) is 0. The predicted octanol–water partition coefficient (Wildman–Crippen LogP) is 3.81. The molecule has 0 spiro atoms. The Labute approximate surface area is 112 Å². The molecule has 1 aromatic carbocycles. The van der Waals surface area contributed by atoms with Gasteiger partial charge in [-0.05, 0) is 47.7 Å². The molecular weight excluding hydrogens is 239 g/mol. The molecule has 2 nitrogen and oxygen atoms in total. The lowest BCUT2D eigenvalue weighted by Gasteiger charge is -2.26. The summed E-state index contributed by atoms with van der Waals surface area (Å²) in [6.45, 7) is 0. The average Bonchev–Trinajstić information content (AvgIpc) is 2.38. The first kappa shape index (κ1) is 12.2. The Hall–Kier alpha value is -1.90. The van der Waals surface area contributed by atoms with Crippen LogP contribution in [-0.2, 0) is 6.42 Å². The van der Waals surface area contributed by atoms with Crippen LogP contribution in [-0.4, -0.2) is 4.98 Å². The van der Waals surface area contributed by atoms with E-state index in [4.69, 9.17) is 5.73 Å². The van der Waals surface area contributed by atoms with Crippen LogP contribution in [0.3, 0.4) is 0 Å². The van der Waals surface area contributed by atoms with E-state index in [1.807, 2.05) is 12.1 Å². The summed E-state index contributed by atoms with van der Waals surface area (Å²) in [4.78, 5) is 3.98. The second kappa shape index (κ2) is 5.00. The molecule has 2 N–H and O–H groups in total. The maximum atomic E-state index is 13.8. The normalized spacial score (nSPS) is 15.2. The Morgan fingerprint density at radius 1 is 1.21 bits per heavy atom. The third-order valence-electron chi connectivity index (χ3n) is 3.96. The van der Waals surface area contributed by atoms with Crippen LogP contribution in [0, 0.1) is 11.7 Å². The van der Waals surface area contributed by atoms with Crippen molar-refractivity contribution in [3.8, 4) is 11.1 Å². The number of rotatable bonds is 3. The van der Waals surface area contributed by atoms with Gasteiger partial charge in [-0.3, -0.25) is 4.98 Å². The summed E-state index contributed by atoms with van der Waals surface area (Å²) in [5.41, 5.74) is 9.57. The fraction of sp³-hybridized carbons (Fsp3) is 0.312. The molecule has 0 atom stereocenters. The Morgan fingerprint density at radius 3 is 2.58 bits per heavy atom. The van der Waals surface area contributed by atoms with Crippen LogP contribution in [0.4, 0.5) is 10.1 Å². The molecule has 0 aliphatic heterocycles. The molecule has 1 aliphatic carbocycles. The highest BCUT2D eigenvalue weighted by molar-refractivity contribution is 5.78. The lowest BCUT2D eigenvalue weighted by Crippen LogP contribution is -2.15. The van der Waals surface area contributed by atoms with Crippen LogP contribution in [0.5, 0.6) is 0 Å². The van der Waals surface area contributed by atoms with Crippen LogP contribution in [0.2, 0.25) is 0 Å². The van der Waals surface area contributed by atoms with E-state index in [0.717, 1.165) is 23.1 Å². The molecule has 1 heterocycles. The molecule has 1 aliphatic rings. The van der Waals surface area contributed by atoms with E-state index in [-0.39, 0.29) is 5.82 Å². The third kappa shape index (κ3) is 2.46. The van der Waals surface area contributed by atoms with E-state index in [9.17, 15) is 4.39 Å². The molecular formula is C16H17FN2. The van der Waals surface area contributed by atoms with E-state index < -0.39 is 0 Å². The molecule has 98 valence electrons. The third-order valence-corrected chi connectivity index (χ3v) is 3.96. The molecule has 1 saturated carbocycles. The molecule has 2 aromatic rings. The zero-order chi connectivity index (χ0) is 13.2. The zero-order valence-electron chi connectivity index (χ0n) is 10.8. The first-order valence-corrected chi connectivity index (χ1v) is 6.72. The minimum absolute atomic E-state index is 0.213. The minimum Gasteiger partial charge on any atom is -0.398 e. The number of hydrogen-bond donors (Lipinski definition) is 1. The van der Waals surface area contributed by atoms with Crippen molar-refractivity contribution in [2.24, 2.45) is 5.92 Å². The highest BCUT2D eigenvalue weighted by atomic mass is 19.1. The van der Waals surface area contributed by atoms with Crippen molar-refractivity contribution in [2.75, 3.05) is 5.73 Å². The molecule has 3 heteroatoms. The van der Waals surface area contributed by atoms with Gasteiger partial charge in [-0.15, -0.1) is 0 Å². The van der Waals surface area contributed by atoms with E-state index in [2.05, 4.69) is 4.98 Å². The number of anilines is 1. The summed E-state index contributed by atoms with van der Waals surface area (Å²) in [5.74, 6) is 0.463. The van der Waals surface area contributed by atoms with Gasteiger partial charge < -0.3 is 5.73 Å². The molecule has 0 saturated heterocycles. The van der Waals surface area contributed by atoms with Crippen LogP contribution in [0.15, 0.2) is 36.7 Å². The first-order chi connectivity index (χ1) is 9.24. The summed E-state index contributed by atoms with van der Waals surface area (Å²) < 4.78 is 13.8. The number of nitrogen functional groups attached to an aromatic ring is 1. The van der Waals surface area contributed by atoms with E-state index in [1.165, 1.54) is 25.3 Å². The van der Waals surface area contributed by atoms with Crippen molar-refractivity contribution in [1.29, 1.82) is 0 Å². The van der Waals surface area contributed by atoms with Crippen molar-refractivity contribution < 1.29 is 4.39 Å². The number of benzene rings is 1. The van der Waals surface area contributed by atoms with E-state index >= 15 is 0 Å². The Bertz CT molecular complexity index is 577. The quantitative estimate of drug-likeness (QED) is 0.848. The van der Waals surface area contributed by atoms with Gasteiger partial charge in [0.2, 0.25) is 0 Å². The molecule has 1 fully saturated rings. The largest absolute Gasteiger partial charge is 0.398 e. The summed E-state index contributed by atoms with van der Waals surface area (Å²) in [6.07, 6.45) is 8.05. The van der Waals surface area contributed by atoms with Gasteiger partial charge in [0.25, 0.3) is 0 Å². The number of halogens is 1. The number of aromatic nitrogens is 1. The number of pyridine rings is 1. The second-order valence-electron chi connectivity index (χ2n) is 5.26. The van der Waals surface area contributed by atoms with Crippen molar-refractivity contribution in [1.82, 2.24) is 4.98 Å². The Morgan fingerprint density at radius 2 is 1.95 bits per heavy atom. The summed E-state index contributed by atoms with van der Waals surface area (Å²) in [6, 6.07) is 6.81. The lowest BCUT2D eigenvalue weighted by atomic mass is 9.80. The van der Waals surface area contributed by atoms with Gasteiger partial charge in [0.15, 0.2) is 0 Å². The van der Waals surface area contributed by atoms with Crippen molar-refractivity contribution in [2.45, 2.75) is 25.7 Å². The van der Waals surface area contributed by atoms with Gasteiger partial charge in [0, 0.05) is 23.6 Å². The van der Waals surface area contributed by atoms with Gasteiger partial charge in [-0.1, -0.05) is 19.3 Å². The average molecular weight is 256 g/mol.